The van der Waals surface area contributed by atoms with Gasteiger partial charge in [-0.2, -0.15) is 0 Å². The molecule has 282 valence electrons. The lowest BCUT2D eigenvalue weighted by Crippen LogP contribution is -2.62. The normalized spacial score (nSPS) is 36.3. The monoisotopic (exact) mass is 717 g/mol. The number of cyclic esters (lactones) is 1. The Morgan fingerprint density at radius 3 is 2.51 bits per heavy atom. The second kappa shape index (κ2) is 17.0. The molecule has 4 heterocycles. The zero-order valence-electron chi connectivity index (χ0n) is 29.4. The molecule has 0 radical (unpaired) electrons. The van der Waals surface area contributed by atoms with Crippen LogP contribution in [0.3, 0.4) is 0 Å². The van der Waals surface area contributed by atoms with E-state index in [1.165, 1.54) is 19.2 Å². The molecule has 9 atom stereocenters. The Hall–Kier alpha value is -3.37. The molecule has 51 heavy (non-hydrogen) atoms. The first-order valence-corrected chi connectivity index (χ1v) is 17.6. The standard InChI is InChI=1S/C37H51NO13/c1-36(2)12-10-33-46-13-11-28(49-33)19-27-9-5-8-26(47-27)17-25(40)18-32(42)48-30(21-39)20-29-15-23(16-31(41)45-3)34(37(36,44)51-29)50-35(43)22-6-4-7-24(38)14-22/h4,6-7,10,12,14,16,25-30,33-34,39-40,44H,5,8-9,11,13,15,17-21,38H2,1-3H3/b12-10+,23-16+/t25-,26+,27-,28+,29+,30+,33+,34+,37-/m1/s1. The Morgan fingerprint density at radius 2 is 1.78 bits per heavy atom. The van der Waals surface area contributed by atoms with Crippen molar-refractivity contribution in [2.75, 3.05) is 26.1 Å². The molecule has 1 aromatic rings. The minimum absolute atomic E-state index is 0.0700. The number of aliphatic hydroxyl groups is 3. The highest BCUT2D eigenvalue weighted by Crippen LogP contribution is 2.47. The number of aliphatic hydroxyl groups excluding tert-OH is 2. The third kappa shape index (κ3) is 9.95. The Balaban J connectivity index is 1.52. The molecule has 5 rings (SSSR count). The number of carbonyl (C=O) groups excluding carboxylic acids is 3. The van der Waals surface area contributed by atoms with E-state index in [4.69, 9.17) is 38.9 Å². The molecule has 0 aliphatic carbocycles. The lowest BCUT2D eigenvalue weighted by Gasteiger charge is -2.51. The number of hydrogen-bond acceptors (Lipinski definition) is 14. The van der Waals surface area contributed by atoms with E-state index >= 15 is 0 Å². The number of esters is 3. The molecule has 3 fully saturated rings. The van der Waals surface area contributed by atoms with Gasteiger partial charge < -0.3 is 54.2 Å². The van der Waals surface area contributed by atoms with Gasteiger partial charge in [0.25, 0.3) is 0 Å². The molecule has 14 heteroatoms. The number of nitrogen functional groups attached to an aromatic ring is 1. The van der Waals surface area contributed by atoms with Crippen LogP contribution in [-0.2, 0) is 42.7 Å². The molecule has 6 bridgehead atoms. The molecule has 3 saturated heterocycles. The SMILES string of the molecule is COC(=O)/C=C1\C[C@H]2C[C@@H](CO)OC(=O)C[C@H](O)C[C@@H]3CCC[C@H](C[C@@H]4CCO[C@H](/C=C/C(C)(C)[C@](O)(O2)[C@H]1OC(=O)c1cccc(N)c1)O4)O3. The lowest BCUT2D eigenvalue weighted by atomic mass is 9.74. The summed E-state index contributed by atoms with van der Waals surface area (Å²) in [5.41, 5.74) is 5.14. The molecule has 0 unspecified atom stereocenters. The number of fused-ring (bicyclic) bond motifs is 6. The zero-order valence-corrected chi connectivity index (χ0v) is 29.4. The van der Waals surface area contributed by atoms with Crippen LogP contribution in [0.15, 0.2) is 48.1 Å². The van der Waals surface area contributed by atoms with E-state index in [0.29, 0.717) is 25.1 Å². The van der Waals surface area contributed by atoms with Gasteiger partial charge in [-0.3, -0.25) is 4.79 Å². The number of hydrogen-bond donors (Lipinski definition) is 4. The van der Waals surface area contributed by atoms with Crippen LogP contribution in [0.25, 0.3) is 0 Å². The number of ether oxygens (including phenoxy) is 7. The molecule has 1 aromatic carbocycles. The predicted molar refractivity (Wildman–Crippen MR) is 181 cm³/mol. The van der Waals surface area contributed by atoms with Crippen molar-refractivity contribution in [2.24, 2.45) is 5.41 Å². The largest absolute Gasteiger partial charge is 0.466 e. The van der Waals surface area contributed by atoms with Crippen molar-refractivity contribution in [3.8, 4) is 0 Å². The molecule has 4 aliphatic heterocycles. The third-order valence-electron chi connectivity index (χ3n) is 9.92. The van der Waals surface area contributed by atoms with Gasteiger partial charge in [-0.1, -0.05) is 26.0 Å². The minimum Gasteiger partial charge on any atom is -0.466 e. The maximum atomic E-state index is 13.5. The van der Waals surface area contributed by atoms with E-state index in [2.05, 4.69) is 0 Å². The van der Waals surface area contributed by atoms with Gasteiger partial charge in [-0.25, -0.2) is 9.59 Å². The number of rotatable bonds is 4. The molecule has 5 N–H and O–H groups in total. The van der Waals surface area contributed by atoms with Crippen LogP contribution in [-0.4, -0.2) is 108 Å². The van der Waals surface area contributed by atoms with Crippen LogP contribution in [0.5, 0.6) is 0 Å². The van der Waals surface area contributed by atoms with Crippen molar-refractivity contribution < 1.29 is 62.9 Å². The van der Waals surface area contributed by atoms with Gasteiger partial charge in [-0.15, -0.1) is 0 Å². The fourth-order valence-corrected chi connectivity index (χ4v) is 7.15. The molecule has 0 amide bonds. The van der Waals surface area contributed by atoms with Crippen molar-refractivity contribution in [1.82, 2.24) is 0 Å². The summed E-state index contributed by atoms with van der Waals surface area (Å²) in [4.78, 5) is 39.2. The number of nitrogens with two attached hydrogens (primary N) is 1. The Morgan fingerprint density at radius 1 is 1.04 bits per heavy atom. The first-order chi connectivity index (χ1) is 24.3. The van der Waals surface area contributed by atoms with Gasteiger partial charge >= 0.3 is 17.9 Å². The van der Waals surface area contributed by atoms with Crippen LogP contribution in [0.1, 0.15) is 82.0 Å². The van der Waals surface area contributed by atoms with Crippen molar-refractivity contribution in [3.05, 3.63) is 53.6 Å². The maximum absolute atomic E-state index is 13.5. The first-order valence-electron chi connectivity index (χ1n) is 17.6. The number of benzene rings is 1. The maximum Gasteiger partial charge on any atom is 0.339 e. The number of carbonyl (C=O) groups is 3. The van der Waals surface area contributed by atoms with Crippen LogP contribution in [0.2, 0.25) is 0 Å². The van der Waals surface area contributed by atoms with Gasteiger partial charge in [0.2, 0.25) is 5.79 Å². The summed E-state index contributed by atoms with van der Waals surface area (Å²) in [5.74, 6) is -4.67. The average molecular weight is 718 g/mol. The molecule has 4 aliphatic rings. The molecular weight excluding hydrogens is 666 g/mol. The smallest absolute Gasteiger partial charge is 0.339 e. The van der Waals surface area contributed by atoms with Crippen molar-refractivity contribution >= 4 is 23.6 Å². The van der Waals surface area contributed by atoms with E-state index in [1.54, 1.807) is 38.1 Å². The minimum atomic E-state index is -2.34. The average Bonchev–Trinajstić information content (AvgIpc) is 3.08. The van der Waals surface area contributed by atoms with Crippen LogP contribution in [0, 0.1) is 5.41 Å². The Kier molecular flexibility index (Phi) is 12.9. The van der Waals surface area contributed by atoms with Crippen molar-refractivity contribution in [3.63, 3.8) is 0 Å². The van der Waals surface area contributed by atoms with E-state index in [1.807, 2.05) is 0 Å². The van der Waals surface area contributed by atoms with E-state index < -0.39 is 66.4 Å². The highest BCUT2D eigenvalue weighted by atomic mass is 16.7. The van der Waals surface area contributed by atoms with E-state index in [-0.39, 0.29) is 55.1 Å². The number of anilines is 1. The summed E-state index contributed by atoms with van der Waals surface area (Å²) in [6.07, 6.45) is 2.08. The topological polar surface area (TPSA) is 203 Å². The first kappa shape index (κ1) is 38.9. The van der Waals surface area contributed by atoms with Crippen LogP contribution in [0.4, 0.5) is 5.69 Å². The summed E-state index contributed by atoms with van der Waals surface area (Å²) >= 11 is 0. The second-order valence-electron chi connectivity index (χ2n) is 14.3. The molecular formula is C37H51NO13. The van der Waals surface area contributed by atoms with Gasteiger partial charge in [0, 0.05) is 30.0 Å². The fraction of sp³-hybridized carbons (Fsp3) is 0.649. The Labute approximate surface area is 297 Å². The quantitative estimate of drug-likeness (QED) is 0.116. The lowest BCUT2D eigenvalue weighted by molar-refractivity contribution is -0.324. The van der Waals surface area contributed by atoms with E-state index in [9.17, 15) is 29.7 Å². The van der Waals surface area contributed by atoms with Gasteiger partial charge in [0.1, 0.15) is 6.10 Å². The van der Waals surface area contributed by atoms with Gasteiger partial charge in [0.05, 0.1) is 62.8 Å². The number of methoxy groups -OCH3 is 1. The molecule has 14 nitrogen and oxygen atoms in total. The Bertz CT molecular complexity index is 1440. The van der Waals surface area contributed by atoms with Gasteiger partial charge in [-0.05, 0) is 68.4 Å². The fourth-order valence-electron chi connectivity index (χ4n) is 7.15. The van der Waals surface area contributed by atoms with Crippen LogP contribution >= 0.6 is 0 Å². The summed E-state index contributed by atoms with van der Waals surface area (Å²) in [6, 6.07) is 6.11. The van der Waals surface area contributed by atoms with Gasteiger partial charge in [0.15, 0.2) is 12.4 Å². The third-order valence-corrected chi connectivity index (χ3v) is 9.92. The molecule has 0 spiro atoms. The molecule has 0 aromatic heterocycles. The highest BCUT2D eigenvalue weighted by Gasteiger charge is 2.57. The highest BCUT2D eigenvalue weighted by molar-refractivity contribution is 5.91. The van der Waals surface area contributed by atoms with Crippen LogP contribution < -0.4 is 5.73 Å². The van der Waals surface area contributed by atoms with Crippen molar-refractivity contribution in [1.29, 1.82) is 0 Å². The predicted octanol–water partition coefficient (Wildman–Crippen LogP) is 2.86. The van der Waals surface area contributed by atoms with Crippen molar-refractivity contribution in [2.45, 2.75) is 126 Å². The summed E-state index contributed by atoms with van der Waals surface area (Å²) in [7, 11) is 1.19. The summed E-state index contributed by atoms with van der Waals surface area (Å²) in [5, 5.41) is 33.7. The zero-order chi connectivity index (χ0) is 36.8. The van der Waals surface area contributed by atoms with E-state index in [0.717, 1.165) is 25.3 Å². The second-order valence-corrected chi connectivity index (χ2v) is 14.3. The summed E-state index contributed by atoms with van der Waals surface area (Å²) < 4.78 is 41.3. The molecule has 0 saturated carbocycles. The summed E-state index contributed by atoms with van der Waals surface area (Å²) in [6.45, 7) is 3.17.